The van der Waals surface area contributed by atoms with Crippen LogP contribution in [0.15, 0.2) is 16.6 Å². The number of aliphatic hydroxyl groups is 1. The molecule has 0 fully saturated rings. The van der Waals surface area contributed by atoms with Gasteiger partial charge in [0.25, 0.3) is 0 Å². The van der Waals surface area contributed by atoms with E-state index < -0.39 is 30.0 Å². The SMILES string of the molecule is Cc1ccc(F)c(Br)c1NC(=O)NCC(C)(O)C(=O)O. The van der Waals surface area contributed by atoms with Gasteiger partial charge in [-0.05, 0) is 41.4 Å². The number of hydrogen-bond donors (Lipinski definition) is 4. The lowest BCUT2D eigenvalue weighted by Crippen LogP contribution is -2.47. The fraction of sp³-hybridized carbons (Fsp3) is 0.333. The summed E-state index contributed by atoms with van der Waals surface area (Å²) in [6, 6.07) is 1.99. The van der Waals surface area contributed by atoms with Crippen LogP contribution in [-0.2, 0) is 4.79 Å². The first-order valence-corrected chi connectivity index (χ1v) is 6.39. The van der Waals surface area contributed by atoms with Gasteiger partial charge in [0, 0.05) is 0 Å². The lowest BCUT2D eigenvalue weighted by atomic mass is 10.1. The Balaban J connectivity index is 2.73. The molecule has 1 rings (SSSR count). The normalized spacial score (nSPS) is 13.4. The fourth-order valence-corrected chi connectivity index (χ4v) is 1.83. The van der Waals surface area contributed by atoms with Gasteiger partial charge in [0.2, 0.25) is 0 Å². The molecule has 0 aromatic heterocycles. The summed E-state index contributed by atoms with van der Waals surface area (Å²) in [4.78, 5) is 22.3. The van der Waals surface area contributed by atoms with Gasteiger partial charge in [-0.15, -0.1) is 0 Å². The lowest BCUT2D eigenvalue weighted by molar-refractivity contribution is -0.155. The Kier molecular flexibility index (Phi) is 5.07. The van der Waals surface area contributed by atoms with Crippen molar-refractivity contribution in [3.8, 4) is 0 Å². The Bertz CT molecular complexity index is 549. The number of nitrogens with one attached hydrogen (secondary N) is 2. The molecule has 0 spiro atoms. The van der Waals surface area contributed by atoms with Crippen molar-refractivity contribution in [1.29, 1.82) is 0 Å². The van der Waals surface area contributed by atoms with E-state index in [2.05, 4.69) is 26.6 Å². The molecule has 1 atom stereocenters. The maximum Gasteiger partial charge on any atom is 0.337 e. The number of carbonyl (C=O) groups excluding carboxylic acids is 1. The predicted octanol–water partition coefficient (Wildman–Crippen LogP) is 1.85. The van der Waals surface area contributed by atoms with Crippen LogP contribution < -0.4 is 10.6 Å². The number of amides is 2. The summed E-state index contributed by atoms with van der Waals surface area (Å²) in [6.07, 6.45) is 0. The maximum absolute atomic E-state index is 13.4. The van der Waals surface area contributed by atoms with Crippen molar-refractivity contribution < 1.29 is 24.2 Å². The van der Waals surface area contributed by atoms with Crippen LogP contribution in [0.3, 0.4) is 0 Å². The molecule has 1 aromatic rings. The summed E-state index contributed by atoms with van der Waals surface area (Å²) >= 11 is 3.01. The van der Waals surface area contributed by atoms with E-state index >= 15 is 0 Å². The highest BCUT2D eigenvalue weighted by Gasteiger charge is 2.30. The van der Waals surface area contributed by atoms with Gasteiger partial charge < -0.3 is 20.8 Å². The number of rotatable bonds is 4. The minimum absolute atomic E-state index is 0.0950. The maximum atomic E-state index is 13.4. The fourth-order valence-electron chi connectivity index (χ4n) is 1.29. The Hall–Kier alpha value is -1.67. The molecule has 8 heteroatoms. The zero-order valence-electron chi connectivity index (χ0n) is 10.8. The molecule has 6 nitrogen and oxygen atoms in total. The number of hydrogen-bond acceptors (Lipinski definition) is 3. The molecule has 0 saturated carbocycles. The van der Waals surface area contributed by atoms with Gasteiger partial charge in [0.05, 0.1) is 16.7 Å². The first-order chi connectivity index (χ1) is 9.15. The minimum Gasteiger partial charge on any atom is -0.479 e. The standard InChI is InChI=1S/C12H14BrFN2O4/c1-6-3-4-7(14)8(13)9(6)16-11(19)15-5-12(2,20)10(17)18/h3-4,20H,5H2,1-2H3,(H,17,18)(H2,15,16,19). The molecule has 0 aliphatic carbocycles. The quantitative estimate of drug-likeness (QED) is 0.667. The number of carbonyl (C=O) groups is 2. The molecule has 2 amide bonds. The number of halogens is 2. The van der Waals surface area contributed by atoms with Crippen molar-refractivity contribution >= 4 is 33.6 Å². The van der Waals surface area contributed by atoms with Crippen molar-refractivity contribution in [3.05, 3.63) is 28.0 Å². The van der Waals surface area contributed by atoms with E-state index in [4.69, 9.17) is 5.11 Å². The van der Waals surface area contributed by atoms with Crippen LogP contribution in [-0.4, -0.2) is 34.4 Å². The molecule has 0 aliphatic heterocycles. The van der Waals surface area contributed by atoms with Gasteiger partial charge in [-0.25, -0.2) is 14.0 Å². The molecule has 0 aliphatic rings. The zero-order chi connectivity index (χ0) is 15.5. The summed E-state index contributed by atoms with van der Waals surface area (Å²) < 4.78 is 13.4. The number of urea groups is 1. The average Bonchev–Trinajstić information content (AvgIpc) is 2.37. The van der Waals surface area contributed by atoms with E-state index in [1.807, 2.05) is 0 Å². The molecular formula is C12H14BrFN2O4. The number of aryl methyl sites for hydroxylation is 1. The Morgan fingerprint density at radius 3 is 2.60 bits per heavy atom. The number of carboxylic acids is 1. The van der Waals surface area contributed by atoms with Gasteiger partial charge >= 0.3 is 12.0 Å². The van der Waals surface area contributed by atoms with E-state index in [0.29, 0.717) is 5.56 Å². The molecular weight excluding hydrogens is 335 g/mol. The molecule has 1 aromatic carbocycles. The predicted molar refractivity (Wildman–Crippen MR) is 74.1 cm³/mol. The third-order valence-corrected chi connectivity index (χ3v) is 3.37. The smallest absolute Gasteiger partial charge is 0.337 e. The minimum atomic E-state index is -2.08. The summed E-state index contributed by atoms with van der Waals surface area (Å²) in [5.74, 6) is -2.00. The summed E-state index contributed by atoms with van der Waals surface area (Å²) in [5.41, 5.74) is -1.22. The first kappa shape index (κ1) is 16.4. The molecule has 0 bridgehead atoms. The van der Waals surface area contributed by atoms with Gasteiger partial charge in [0.15, 0.2) is 5.60 Å². The molecule has 0 radical (unpaired) electrons. The third kappa shape index (κ3) is 3.91. The average molecular weight is 349 g/mol. The van der Waals surface area contributed by atoms with Gasteiger partial charge in [0.1, 0.15) is 5.82 Å². The van der Waals surface area contributed by atoms with Crippen LogP contribution in [0.4, 0.5) is 14.9 Å². The number of carboxylic acid groups (broad SMARTS) is 1. The summed E-state index contributed by atoms with van der Waals surface area (Å²) in [5, 5.41) is 22.7. The largest absolute Gasteiger partial charge is 0.479 e. The van der Waals surface area contributed by atoms with E-state index in [0.717, 1.165) is 6.92 Å². The van der Waals surface area contributed by atoms with Crippen molar-refractivity contribution in [2.24, 2.45) is 0 Å². The summed E-state index contributed by atoms with van der Waals surface area (Å²) in [6.45, 7) is 2.24. The van der Waals surface area contributed by atoms with Crippen LogP contribution >= 0.6 is 15.9 Å². The molecule has 1 unspecified atom stereocenters. The molecule has 0 saturated heterocycles. The van der Waals surface area contributed by atoms with Crippen LogP contribution in [0, 0.1) is 12.7 Å². The van der Waals surface area contributed by atoms with Crippen molar-refractivity contribution in [1.82, 2.24) is 5.32 Å². The summed E-state index contributed by atoms with van der Waals surface area (Å²) in [7, 11) is 0. The van der Waals surface area contributed by atoms with E-state index in [-0.39, 0.29) is 10.2 Å². The topological polar surface area (TPSA) is 98.7 Å². The zero-order valence-corrected chi connectivity index (χ0v) is 12.4. The van der Waals surface area contributed by atoms with Crippen LogP contribution in [0.1, 0.15) is 12.5 Å². The molecule has 0 heterocycles. The number of anilines is 1. The molecule has 110 valence electrons. The highest BCUT2D eigenvalue weighted by Crippen LogP contribution is 2.28. The van der Waals surface area contributed by atoms with Crippen LogP contribution in [0.5, 0.6) is 0 Å². The monoisotopic (exact) mass is 348 g/mol. The van der Waals surface area contributed by atoms with E-state index in [1.54, 1.807) is 6.92 Å². The van der Waals surface area contributed by atoms with E-state index in [1.165, 1.54) is 12.1 Å². The van der Waals surface area contributed by atoms with Gasteiger partial charge in [-0.1, -0.05) is 6.07 Å². The second kappa shape index (κ2) is 6.19. The second-order valence-corrected chi connectivity index (χ2v) is 5.23. The Morgan fingerprint density at radius 1 is 1.45 bits per heavy atom. The Morgan fingerprint density at radius 2 is 2.05 bits per heavy atom. The van der Waals surface area contributed by atoms with Gasteiger partial charge in [-0.3, -0.25) is 0 Å². The number of aliphatic carboxylic acids is 1. The highest BCUT2D eigenvalue weighted by molar-refractivity contribution is 9.10. The highest BCUT2D eigenvalue weighted by atomic mass is 79.9. The lowest BCUT2D eigenvalue weighted by Gasteiger charge is -2.19. The third-order valence-electron chi connectivity index (χ3n) is 2.60. The molecule has 20 heavy (non-hydrogen) atoms. The van der Waals surface area contributed by atoms with Crippen LogP contribution in [0.2, 0.25) is 0 Å². The Labute approximate surface area is 123 Å². The first-order valence-electron chi connectivity index (χ1n) is 5.60. The molecule has 4 N–H and O–H groups in total. The van der Waals surface area contributed by atoms with Crippen LogP contribution in [0.25, 0.3) is 0 Å². The van der Waals surface area contributed by atoms with Crippen molar-refractivity contribution in [2.45, 2.75) is 19.4 Å². The van der Waals surface area contributed by atoms with Gasteiger partial charge in [-0.2, -0.15) is 0 Å². The van der Waals surface area contributed by atoms with Crippen molar-refractivity contribution in [2.75, 3.05) is 11.9 Å². The van der Waals surface area contributed by atoms with Crippen molar-refractivity contribution in [3.63, 3.8) is 0 Å². The van der Waals surface area contributed by atoms with E-state index in [9.17, 15) is 19.1 Å². The number of benzene rings is 1. The second-order valence-electron chi connectivity index (χ2n) is 4.44.